The highest BCUT2D eigenvalue weighted by Gasteiger charge is 2.31. The minimum Gasteiger partial charge on any atom is -0.388 e. The number of hydrogen-bond acceptors (Lipinski definition) is 5. The number of nitrogens with one attached hydrogen (secondary N) is 1. The Hall–Kier alpha value is -2.91. The van der Waals surface area contributed by atoms with Crippen molar-refractivity contribution in [2.45, 2.75) is 19.1 Å². The topological polar surface area (TPSA) is 52.5 Å². The fraction of sp³-hybridized carbons (Fsp3) is 0.417. The van der Waals surface area contributed by atoms with Gasteiger partial charge in [0.2, 0.25) is 0 Å². The first kappa shape index (κ1) is 24.7. The molecule has 3 rings (SSSR count). The molecule has 6 nitrogen and oxygen atoms in total. The second kappa shape index (κ2) is 11.8. The van der Waals surface area contributed by atoms with Crippen molar-refractivity contribution < 1.29 is 17.9 Å². The Labute approximate surface area is 192 Å². The van der Waals surface area contributed by atoms with Crippen LogP contribution < -0.4 is 5.32 Å². The van der Waals surface area contributed by atoms with Crippen molar-refractivity contribution in [2.24, 2.45) is 10.1 Å². The van der Waals surface area contributed by atoms with Crippen LogP contribution in [0.4, 0.5) is 18.9 Å². The van der Waals surface area contributed by atoms with Gasteiger partial charge in [-0.2, -0.15) is 18.3 Å². The number of alkyl halides is 3. The summed E-state index contributed by atoms with van der Waals surface area (Å²) in [6, 6.07) is 12.9. The fourth-order valence-corrected chi connectivity index (χ4v) is 3.61. The van der Waals surface area contributed by atoms with Crippen LogP contribution in [0.25, 0.3) is 0 Å². The van der Waals surface area contributed by atoms with Crippen LogP contribution in [-0.4, -0.2) is 68.9 Å². The van der Waals surface area contributed by atoms with Gasteiger partial charge in [-0.15, -0.1) is 0 Å². The van der Waals surface area contributed by atoms with Gasteiger partial charge in [-0.25, -0.2) is 5.01 Å². The Morgan fingerprint density at radius 3 is 2.52 bits per heavy atom. The largest absolute Gasteiger partial charge is 0.416 e. The summed E-state index contributed by atoms with van der Waals surface area (Å²) in [6.45, 7) is 8.48. The molecule has 2 aromatic rings. The lowest BCUT2D eigenvalue weighted by atomic mass is 10.1. The maximum Gasteiger partial charge on any atom is 0.416 e. The van der Waals surface area contributed by atoms with Gasteiger partial charge in [0.05, 0.1) is 25.3 Å². The second-order valence-corrected chi connectivity index (χ2v) is 7.74. The molecule has 0 atom stereocenters. The predicted molar refractivity (Wildman–Crippen MR) is 126 cm³/mol. The van der Waals surface area contributed by atoms with Crippen LogP contribution in [0, 0.1) is 0 Å². The van der Waals surface area contributed by atoms with E-state index in [1.165, 1.54) is 6.07 Å². The summed E-state index contributed by atoms with van der Waals surface area (Å²) in [5, 5.41) is 8.75. The van der Waals surface area contributed by atoms with E-state index in [4.69, 9.17) is 4.74 Å². The molecule has 0 aliphatic carbocycles. The first-order chi connectivity index (χ1) is 15.9. The lowest BCUT2D eigenvalue weighted by Crippen LogP contribution is -2.38. The zero-order valence-corrected chi connectivity index (χ0v) is 18.8. The van der Waals surface area contributed by atoms with Crippen molar-refractivity contribution >= 4 is 18.2 Å². The SMILES string of the molecule is C=NN(CCCN1CCOCC1)C(=NCc1ccc(NC)cc1)c1cccc(C(F)(F)F)c1. The van der Waals surface area contributed by atoms with Gasteiger partial charge in [0, 0.05) is 51.2 Å². The number of hydrazone groups is 1. The third-order valence-corrected chi connectivity index (χ3v) is 5.47. The van der Waals surface area contributed by atoms with Gasteiger partial charge in [0.25, 0.3) is 0 Å². The molecule has 178 valence electrons. The summed E-state index contributed by atoms with van der Waals surface area (Å²) in [5.41, 5.74) is 1.55. The number of halogens is 3. The Morgan fingerprint density at radius 2 is 1.88 bits per heavy atom. The standard InChI is InChI=1S/C24H30F3N5O/c1-28-22-9-7-19(8-10-22)18-30-23(20-5-3-6-21(17-20)24(25,26)27)32(29-2)12-4-11-31-13-15-33-16-14-31/h3,5-10,17,28H,2,4,11-16,18H2,1H3. The molecule has 0 radical (unpaired) electrons. The third kappa shape index (κ3) is 7.30. The molecule has 0 bridgehead atoms. The molecule has 2 aromatic carbocycles. The number of aliphatic imine (C=N–C) groups is 1. The Balaban J connectivity index is 1.81. The molecular formula is C24H30F3N5O. The summed E-state index contributed by atoms with van der Waals surface area (Å²) in [4.78, 5) is 6.97. The minimum absolute atomic E-state index is 0.311. The average Bonchev–Trinajstić information content (AvgIpc) is 2.83. The van der Waals surface area contributed by atoms with Crippen LogP contribution >= 0.6 is 0 Å². The van der Waals surface area contributed by atoms with Gasteiger partial charge in [0.15, 0.2) is 5.84 Å². The molecule has 0 unspecified atom stereocenters. The number of anilines is 1. The lowest BCUT2D eigenvalue weighted by molar-refractivity contribution is -0.137. The Bertz CT molecular complexity index is 924. The molecule has 9 heteroatoms. The summed E-state index contributed by atoms with van der Waals surface area (Å²) in [6.07, 6.45) is -3.67. The number of amidine groups is 1. The molecule has 1 saturated heterocycles. The molecule has 0 aromatic heterocycles. The number of rotatable bonds is 9. The number of morpholine rings is 1. The van der Waals surface area contributed by atoms with E-state index in [9.17, 15) is 13.2 Å². The van der Waals surface area contributed by atoms with Crippen molar-refractivity contribution in [3.05, 3.63) is 65.2 Å². The van der Waals surface area contributed by atoms with Crippen molar-refractivity contribution in [1.82, 2.24) is 9.91 Å². The molecule has 1 heterocycles. The summed E-state index contributed by atoms with van der Waals surface area (Å²) in [5.74, 6) is 0.371. The zero-order valence-electron chi connectivity index (χ0n) is 18.8. The van der Waals surface area contributed by atoms with E-state index in [-0.39, 0.29) is 0 Å². The van der Waals surface area contributed by atoms with E-state index in [0.29, 0.717) is 37.7 Å². The lowest BCUT2D eigenvalue weighted by Gasteiger charge is -2.28. The first-order valence-electron chi connectivity index (χ1n) is 10.9. The van der Waals surface area contributed by atoms with Crippen LogP contribution in [0.3, 0.4) is 0 Å². The monoisotopic (exact) mass is 461 g/mol. The maximum absolute atomic E-state index is 13.3. The molecule has 33 heavy (non-hydrogen) atoms. The molecule has 1 N–H and O–H groups in total. The molecule has 0 amide bonds. The van der Waals surface area contributed by atoms with Gasteiger partial charge < -0.3 is 10.1 Å². The maximum atomic E-state index is 13.3. The Morgan fingerprint density at radius 1 is 1.15 bits per heavy atom. The third-order valence-electron chi connectivity index (χ3n) is 5.47. The van der Waals surface area contributed by atoms with E-state index >= 15 is 0 Å². The highest BCUT2D eigenvalue weighted by atomic mass is 19.4. The second-order valence-electron chi connectivity index (χ2n) is 7.74. The highest BCUT2D eigenvalue weighted by molar-refractivity contribution is 5.99. The van der Waals surface area contributed by atoms with Crippen LogP contribution in [0.5, 0.6) is 0 Å². The van der Waals surface area contributed by atoms with E-state index in [1.807, 2.05) is 31.3 Å². The van der Waals surface area contributed by atoms with Gasteiger partial charge in [-0.3, -0.25) is 9.89 Å². The minimum atomic E-state index is -4.44. The van der Waals surface area contributed by atoms with Gasteiger partial charge in [-0.1, -0.05) is 24.3 Å². The first-order valence-corrected chi connectivity index (χ1v) is 10.9. The number of ether oxygens (including phenoxy) is 1. The molecule has 1 aliphatic heterocycles. The normalized spacial score (nSPS) is 15.3. The van der Waals surface area contributed by atoms with Crippen LogP contribution in [0.15, 0.2) is 58.6 Å². The fourth-order valence-electron chi connectivity index (χ4n) is 3.61. The van der Waals surface area contributed by atoms with E-state index in [2.05, 4.69) is 27.0 Å². The van der Waals surface area contributed by atoms with E-state index in [0.717, 1.165) is 49.4 Å². The molecule has 0 saturated carbocycles. The summed E-state index contributed by atoms with van der Waals surface area (Å²) in [7, 11) is 1.84. The Kier molecular flexibility index (Phi) is 8.85. The van der Waals surface area contributed by atoms with Crippen molar-refractivity contribution in [3.63, 3.8) is 0 Å². The molecular weight excluding hydrogens is 431 g/mol. The van der Waals surface area contributed by atoms with Gasteiger partial charge in [-0.05, 0) is 36.2 Å². The highest BCUT2D eigenvalue weighted by Crippen LogP contribution is 2.30. The van der Waals surface area contributed by atoms with Crippen molar-refractivity contribution in [3.8, 4) is 0 Å². The number of benzene rings is 2. The van der Waals surface area contributed by atoms with Crippen LogP contribution in [-0.2, 0) is 17.5 Å². The molecule has 1 fully saturated rings. The molecule has 0 spiro atoms. The molecule has 1 aliphatic rings. The summed E-state index contributed by atoms with van der Waals surface area (Å²) >= 11 is 0. The quantitative estimate of drug-likeness (QED) is 0.343. The zero-order chi connectivity index (χ0) is 23.7. The van der Waals surface area contributed by atoms with E-state index < -0.39 is 11.7 Å². The van der Waals surface area contributed by atoms with Gasteiger partial charge in [0.1, 0.15) is 0 Å². The average molecular weight is 462 g/mol. The number of hydrogen-bond donors (Lipinski definition) is 1. The van der Waals surface area contributed by atoms with E-state index in [1.54, 1.807) is 11.1 Å². The smallest absolute Gasteiger partial charge is 0.388 e. The van der Waals surface area contributed by atoms with Crippen LogP contribution in [0.1, 0.15) is 23.1 Å². The van der Waals surface area contributed by atoms with Crippen molar-refractivity contribution in [1.29, 1.82) is 0 Å². The summed E-state index contributed by atoms with van der Waals surface area (Å²) < 4.78 is 45.4. The number of nitrogens with zero attached hydrogens (tertiary/aromatic N) is 4. The predicted octanol–water partition coefficient (Wildman–Crippen LogP) is 4.33. The van der Waals surface area contributed by atoms with Crippen LogP contribution in [0.2, 0.25) is 0 Å². The van der Waals surface area contributed by atoms with Gasteiger partial charge >= 0.3 is 6.18 Å². The van der Waals surface area contributed by atoms with Crippen molar-refractivity contribution in [2.75, 3.05) is 51.8 Å².